The molecule has 15 nitrogen and oxygen atoms in total. The summed E-state index contributed by atoms with van der Waals surface area (Å²) in [5.41, 5.74) is 3.03. The molecule has 0 aliphatic carbocycles. The normalized spacial score (nSPS) is 12.0. The van der Waals surface area contributed by atoms with Gasteiger partial charge in [0.2, 0.25) is 12.1 Å². The average Bonchev–Trinajstić information content (AvgIpc) is 3.26. The van der Waals surface area contributed by atoms with E-state index in [4.69, 9.17) is 62.7 Å². The lowest BCUT2D eigenvalue weighted by Crippen LogP contribution is -2.32. The minimum atomic E-state index is -1.67. The summed E-state index contributed by atoms with van der Waals surface area (Å²) in [6, 6.07) is 23.0. The number of hydrogen-bond acceptors (Lipinski definition) is 11. The van der Waals surface area contributed by atoms with E-state index in [-0.39, 0.29) is 55.7 Å². The third kappa shape index (κ3) is 12.9. The molecule has 5 aromatic rings. The van der Waals surface area contributed by atoms with E-state index in [0.29, 0.717) is 23.1 Å². The molecule has 0 aliphatic heterocycles. The number of alkyl halides is 3. The number of anilines is 4. The molecule has 2 atom stereocenters. The summed E-state index contributed by atoms with van der Waals surface area (Å²) in [6.45, 7) is 2.27. The SMILES string of the molecule is CC(=O)C(N=Nc1cccc(C(=O)Nc2ccc(CCl)cc2)c1Cl)C(=O)Nc1ccc(NC(=O)C(N=Nc2cccc(C(=O)Nc3ccc(CCl)cc3)c2Cl)C(C)=O)c(OCCl)c1. The van der Waals surface area contributed by atoms with Crippen LogP contribution in [0.5, 0.6) is 5.75 Å². The quantitative estimate of drug-likeness (QED) is 0.0379. The van der Waals surface area contributed by atoms with Gasteiger partial charge in [-0.1, -0.05) is 71.2 Å². The Hall–Kier alpha value is -6.23. The lowest BCUT2D eigenvalue weighted by Gasteiger charge is -2.15. The second kappa shape index (κ2) is 22.7. The second-order valence-electron chi connectivity index (χ2n) is 13.2. The van der Waals surface area contributed by atoms with E-state index in [1.165, 1.54) is 54.6 Å². The number of nitrogens with zero attached hydrogens (tertiary/aromatic N) is 4. The summed E-state index contributed by atoms with van der Waals surface area (Å²) in [6.07, 6.45) is 0. The van der Waals surface area contributed by atoms with Crippen LogP contribution in [0, 0.1) is 0 Å². The van der Waals surface area contributed by atoms with E-state index in [1.54, 1.807) is 48.5 Å². The molecule has 0 fully saturated rings. The zero-order valence-electron chi connectivity index (χ0n) is 33.1. The van der Waals surface area contributed by atoms with Gasteiger partial charge in [0.15, 0.2) is 17.6 Å². The summed E-state index contributed by atoms with van der Waals surface area (Å²) in [5, 5.41) is 26.3. The molecule has 324 valence electrons. The van der Waals surface area contributed by atoms with E-state index < -0.39 is 47.3 Å². The molecule has 0 spiro atoms. The molecular formula is C43H35Cl5N8O7. The fourth-order valence-electron chi connectivity index (χ4n) is 5.47. The fraction of sp³-hybridized carbons (Fsp3) is 0.163. The van der Waals surface area contributed by atoms with Gasteiger partial charge in [-0.25, -0.2) is 0 Å². The Morgan fingerprint density at radius 3 is 1.40 bits per heavy atom. The van der Waals surface area contributed by atoms with Gasteiger partial charge in [-0.15, -0.1) is 23.2 Å². The van der Waals surface area contributed by atoms with Crippen LogP contribution in [0.25, 0.3) is 0 Å². The molecule has 0 radical (unpaired) electrons. The van der Waals surface area contributed by atoms with E-state index >= 15 is 0 Å². The van der Waals surface area contributed by atoms with Crippen LogP contribution in [-0.4, -0.2) is 53.3 Å². The highest BCUT2D eigenvalue weighted by Crippen LogP contribution is 2.33. The molecule has 4 amide bonds. The van der Waals surface area contributed by atoms with Gasteiger partial charge < -0.3 is 26.0 Å². The summed E-state index contributed by atoms with van der Waals surface area (Å²) in [5.74, 6) is -3.63. The number of azo groups is 2. The van der Waals surface area contributed by atoms with Crippen molar-refractivity contribution in [3.05, 3.63) is 135 Å². The molecule has 5 rings (SSSR count). The van der Waals surface area contributed by atoms with Crippen molar-refractivity contribution in [3.8, 4) is 5.75 Å². The average molecular weight is 953 g/mol. The minimum Gasteiger partial charge on any atom is -0.476 e. The summed E-state index contributed by atoms with van der Waals surface area (Å²) in [7, 11) is 0. The molecule has 0 saturated heterocycles. The van der Waals surface area contributed by atoms with Crippen molar-refractivity contribution in [2.75, 3.05) is 27.3 Å². The number of hydrogen-bond donors (Lipinski definition) is 4. The van der Waals surface area contributed by atoms with Gasteiger partial charge in [0.1, 0.15) is 17.1 Å². The number of rotatable bonds is 18. The molecule has 2 unspecified atom stereocenters. The molecular weight excluding hydrogens is 918 g/mol. The first kappa shape index (κ1) is 47.8. The van der Waals surface area contributed by atoms with Crippen LogP contribution in [-0.2, 0) is 30.9 Å². The Morgan fingerprint density at radius 2 is 0.984 bits per heavy atom. The summed E-state index contributed by atoms with van der Waals surface area (Å²) >= 11 is 30.5. The molecule has 0 aromatic heterocycles. The maximum atomic E-state index is 13.4. The third-order valence-corrected chi connectivity index (χ3v) is 10.2. The highest BCUT2D eigenvalue weighted by Gasteiger charge is 2.27. The maximum Gasteiger partial charge on any atom is 0.258 e. The molecule has 0 heterocycles. The van der Waals surface area contributed by atoms with Crippen molar-refractivity contribution in [1.82, 2.24) is 0 Å². The minimum absolute atomic E-state index is 0.0142. The van der Waals surface area contributed by atoms with E-state index in [0.717, 1.165) is 25.0 Å². The molecule has 4 N–H and O–H groups in total. The number of Topliss-reactive ketones (excluding diaryl/α,β-unsaturated/α-hetero) is 2. The van der Waals surface area contributed by atoms with Crippen molar-refractivity contribution in [3.63, 3.8) is 0 Å². The highest BCUT2D eigenvalue weighted by atomic mass is 35.5. The number of benzene rings is 5. The Morgan fingerprint density at radius 1 is 0.556 bits per heavy atom. The van der Waals surface area contributed by atoms with Crippen LogP contribution in [0.2, 0.25) is 10.0 Å². The van der Waals surface area contributed by atoms with Crippen molar-refractivity contribution in [2.24, 2.45) is 20.5 Å². The van der Waals surface area contributed by atoms with Gasteiger partial charge >= 0.3 is 0 Å². The molecule has 0 bridgehead atoms. The van der Waals surface area contributed by atoms with Crippen LogP contribution in [0.4, 0.5) is 34.1 Å². The monoisotopic (exact) mass is 950 g/mol. The van der Waals surface area contributed by atoms with Gasteiger partial charge in [-0.3, -0.25) is 28.8 Å². The second-order valence-corrected chi connectivity index (χ2v) is 14.8. The van der Waals surface area contributed by atoms with Crippen LogP contribution >= 0.6 is 58.0 Å². The van der Waals surface area contributed by atoms with Crippen LogP contribution in [0.3, 0.4) is 0 Å². The van der Waals surface area contributed by atoms with Crippen molar-refractivity contribution < 1.29 is 33.5 Å². The highest BCUT2D eigenvalue weighted by molar-refractivity contribution is 6.37. The van der Waals surface area contributed by atoms with Gasteiger partial charge in [-0.05, 0) is 85.6 Å². The van der Waals surface area contributed by atoms with Gasteiger partial charge in [0.05, 0.1) is 26.9 Å². The van der Waals surface area contributed by atoms with E-state index in [2.05, 4.69) is 41.7 Å². The van der Waals surface area contributed by atoms with Crippen molar-refractivity contribution >= 4 is 127 Å². The van der Waals surface area contributed by atoms with Crippen molar-refractivity contribution in [2.45, 2.75) is 37.7 Å². The Kier molecular flexibility index (Phi) is 17.3. The predicted octanol–water partition coefficient (Wildman–Crippen LogP) is 10.9. The Balaban J connectivity index is 1.27. The maximum absolute atomic E-state index is 13.4. The molecule has 0 saturated carbocycles. The number of amides is 4. The van der Waals surface area contributed by atoms with Crippen LogP contribution in [0.15, 0.2) is 124 Å². The van der Waals surface area contributed by atoms with Gasteiger partial charge in [0, 0.05) is 34.9 Å². The Bertz CT molecular complexity index is 2590. The smallest absolute Gasteiger partial charge is 0.258 e. The van der Waals surface area contributed by atoms with Crippen LogP contribution < -0.4 is 26.0 Å². The predicted molar refractivity (Wildman–Crippen MR) is 244 cm³/mol. The lowest BCUT2D eigenvalue weighted by atomic mass is 10.1. The summed E-state index contributed by atoms with van der Waals surface area (Å²) < 4.78 is 5.48. The lowest BCUT2D eigenvalue weighted by molar-refractivity contribution is -0.127. The first-order valence-corrected chi connectivity index (χ1v) is 20.9. The first-order chi connectivity index (χ1) is 30.2. The zero-order valence-corrected chi connectivity index (χ0v) is 36.9. The third-order valence-electron chi connectivity index (χ3n) is 8.72. The zero-order chi connectivity index (χ0) is 45.6. The number of carbonyl (C=O) groups is 6. The fourth-order valence-corrected chi connectivity index (χ4v) is 6.44. The molecule has 63 heavy (non-hydrogen) atoms. The van der Waals surface area contributed by atoms with E-state index in [9.17, 15) is 28.8 Å². The number of carbonyl (C=O) groups excluding carboxylic acids is 6. The largest absolute Gasteiger partial charge is 0.476 e. The topological polar surface area (TPSA) is 209 Å². The van der Waals surface area contributed by atoms with Crippen LogP contribution in [0.1, 0.15) is 45.7 Å². The number of ketones is 2. The molecule has 20 heteroatoms. The number of halogens is 5. The molecule has 5 aromatic carbocycles. The summed E-state index contributed by atoms with van der Waals surface area (Å²) in [4.78, 5) is 77.9. The van der Waals surface area contributed by atoms with Gasteiger partial charge in [0.25, 0.3) is 23.6 Å². The Labute approximate surface area is 385 Å². The van der Waals surface area contributed by atoms with Gasteiger partial charge in [-0.2, -0.15) is 20.5 Å². The van der Waals surface area contributed by atoms with Crippen molar-refractivity contribution in [1.29, 1.82) is 0 Å². The number of ether oxygens (including phenoxy) is 1. The molecule has 0 aliphatic rings. The first-order valence-electron chi connectivity index (χ1n) is 18.5. The number of nitrogens with one attached hydrogen (secondary N) is 4. The van der Waals surface area contributed by atoms with E-state index in [1.807, 2.05) is 0 Å². The standard InChI is InChI=1S/C43H35Cl5N8O7/c1-23(57)38(55-53-33-7-3-5-30(36(33)47)40(59)49-27-13-9-25(20-44)10-14-27)42(61)51-29-17-18-32(35(19-29)63-22-46)52-43(62)39(24(2)58)56-54-34-8-4-6-31(37(34)48)41(60)50-28-15-11-26(21-45)12-16-28/h3-19,38-39H,20-22H2,1-2H3,(H,49,59)(H,50,60)(H,51,61)(H,52,62).